The standard InChI is InChI=1S/C26H26ClN3O5S/c1-18-15-20(11-12-22(18)29-14-6-9-26(29)32)28-25(31)17-30(23-16-19(27)10-13-24(23)35-2)36(33,34)21-7-4-3-5-8-21/h3-5,7-8,10-13,15-16H,6,9,14,17H2,1-2H3,(H,28,31). The maximum absolute atomic E-state index is 13.6. The first-order valence-electron chi connectivity index (χ1n) is 11.3. The number of hydrogen-bond acceptors (Lipinski definition) is 5. The van der Waals surface area contributed by atoms with Gasteiger partial charge in [-0.15, -0.1) is 0 Å². The van der Waals surface area contributed by atoms with Crippen molar-refractivity contribution in [2.24, 2.45) is 0 Å². The fourth-order valence-corrected chi connectivity index (χ4v) is 5.76. The molecular weight excluding hydrogens is 502 g/mol. The van der Waals surface area contributed by atoms with Crippen LogP contribution in [0.2, 0.25) is 5.02 Å². The fraction of sp³-hybridized carbons (Fsp3) is 0.231. The Morgan fingerprint density at radius 1 is 1.11 bits per heavy atom. The lowest BCUT2D eigenvalue weighted by molar-refractivity contribution is -0.117. The maximum Gasteiger partial charge on any atom is 0.264 e. The highest BCUT2D eigenvalue weighted by Crippen LogP contribution is 2.35. The Morgan fingerprint density at radius 3 is 2.50 bits per heavy atom. The molecule has 2 amide bonds. The molecule has 0 unspecified atom stereocenters. The van der Waals surface area contributed by atoms with Crippen LogP contribution in [0.4, 0.5) is 17.1 Å². The minimum absolute atomic E-state index is 0.0234. The van der Waals surface area contributed by atoms with Crippen LogP contribution in [0.25, 0.3) is 0 Å². The number of carbonyl (C=O) groups excluding carboxylic acids is 2. The normalized spacial score (nSPS) is 13.5. The number of amides is 2. The van der Waals surface area contributed by atoms with Crippen LogP contribution in [-0.4, -0.2) is 40.4 Å². The molecule has 0 aromatic heterocycles. The molecule has 0 spiro atoms. The number of halogens is 1. The molecule has 1 saturated heterocycles. The van der Waals surface area contributed by atoms with E-state index < -0.39 is 22.5 Å². The average molecular weight is 528 g/mol. The van der Waals surface area contributed by atoms with E-state index in [1.807, 2.05) is 6.92 Å². The van der Waals surface area contributed by atoms with E-state index in [0.717, 1.165) is 22.0 Å². The monoisotopic (exact) mass is 527 g/mol. The Bertz CT molecular complexity index is 1400. The van der Waals surface area contributed by atoms with Crippen molar-refractivity contribution in [3.63, 3.8) is 0 Å². The molecule has 0 radical (unpaired) electrons. The van der Waals surface area contributed by atoms with E-state index >= 15 is 0 Å². The first kappa shape index (κ1) is 25.5. The molecule has 1 aliphatic heterocycles. The van der Waals surface area contributed by atoms with E-state index in [1.54, 1.807) is 53.4 Å². The molecule has 0 saturated carbocycles. The van der Waals surface area contributed by atoms with Gasteiger partial charge in [-0.25, -0.2) is 8.42 Å². The molecule has 4 rings (SSSR count). The first-order chi connectivity index (χ1) is 17.2. The molecule has 8 nitrogen and oxygen atoms in total. The Hall–Kier alpha value is -3.56. The van der Waals surface area contributed by atoms with Gasteiger partial charge in [0.05, 0.1) is 17.7 Å². The molecule has 3 aromatic carbocycles. The smallest absolute Gasteiger partial charge is 0.264 e. The fourth-order valence-electron chi connectivity index (χ4n) is 4.15. The van der Waals surface area contributed by atoms with Crippen LogP contribution >= 0.6 is 11.6 Å². The van der Waals surface area contributed by atoms with Crippen molar-refractivity contribution >= 4 is 50.5 Å². The number of nitrogens with zero attached hydrogens (tertiary/aromatic N) is 2. The molecule has 10 heteroatoms. The zero-order chi connectivity index (χ0) is 25.9. The Labute approximate surface area is 215 Å². The molecule has 188 valence electrons. The summed E-state index contributed by atoms with van der Waals surface area (Å²) < 4.78 is 33.5. The second-order valence-electron chi connectivity index (χ2n) is 8.34. The highest BCUT2D eigenvalue weighted by molar-refractivity contribution is 7.92. The quantitative estimate of drug-likeness (QED) is 0.461. The van der Waals surface area contributed by atoms with Gasteiger partial charge in [-0.2, -0.15) is 0 Å². The van der Waals surface area contributed by atoms with Crippen molar-refractivity contribution in [3.8, 4) is 5.75 Å². The van der Waals surface area contributed by atoms with Gasteiger partial charge in [0.15, 0.2) is 0 Å². The third-order valence-corrected chi connectivity index (χ3v) is 7.88. The zero-order valence-corrected chi connectivity index (χ0v) is 21.5. The van der Waals surface area contributed by atoms with Crippen LogP contribution in [0.5, 0.6) is 5.75 Å². The highest BCUT2D eigenvalue weighted by Gasteiger charge is 2.30. The number of nitrogens with one attached hydrogen (secondary N) is 1. The number of anilines is 3. The number of hydrogen-bond donors (Lipinski definition) is 1. The van der Waals surface area contributed by atoms with E-state index in [-0.39, 0.29) is 22.2 Å². The lowest BCUT2D eigenvalue weighted by Gasteiger charge is -2.26. The third-order valence-electron chi connectivity index (χ3n) is 5.87. The number of methoxy groups -OCH3 is 1. The Morgan fingerprint density at radius 2 is 1.86 bits per heavy atom. The van der Waals surface area contributed by atoms with Crippen LogP contribution in [-0.2, 0) is 19.6 Å². The first-order valence-corrected chi connectivity index (χ1v) is 13.1. The number of aryl methyl sites for hydroxylation is 1. The highest BCUT2D eigenvalue weighted by atomic mass is 35.5. The molecule has 0 bridgehead atoms. The molecule has 1 fully saturated rings. The van der Waals surface area contributed by atoms with E-state index in [4.69, 9.17) is 16.3 Å². The minimum Gasteiger partial charge on any atom is -0.495 e. The minimum atomic E-state index is -4.13. The summed E-state index contributed by atoms with van der Waals surface area (Å²) in [4.78, 5) is 27.0. The van der Waals surface area contributed by atoms with E-state index in [1.165, 1.54) is 25.3 Å². The molecule has 1 aliphatic rings. The van der Waals surface area contributed by atoms with Gasteiger partial charge in [0, 0.05) is 29.4 Å². The van der Waals surface area contributed by atoms with Gasteiger partial charge < -0.3 is 15.0 Å². The van der Waals surface area contributed by atoms with Crippen LogP contribution in [0.3, 0.4) is 0 Å². The van der Waals surface area contributed by atoms with Crippen molar-refractivity contribution in [1.29, 1.82) is 0 Å². The van der Waals surface area contributed by atoms with Gasteiger partial charge in [-0.05, 0) is 67.4 Å². The Balaban J connectivity index is 1.63. The maximum atomic E-state index is 13.6. The van der Waals surface area contributed by atoms with Crippen LogP contribution in [0.15, 0.2) is 71.6 Å². The predicted molar refractivity (Wildman–Crippen MR) is 140 cm³/mol. The van der Waals surface area contributed by atoms with E-state index in [0.29, 0.717) is 23.7 Å². The molecule has 36 heavy (non-hydrogen) atoms. The van der Waals surface area contributed by atoms with Crippen LogP contribution < -0.4 is 19.3 Å². The number of sulfonamides is 1. The Kier molecular flexibility index (Phi) is 7.51. The molecule has 1 heterocycles. The average Bonchev–Trinajstić information content (AvgIpc) is 3.28. The lowest BCUT2D eigenvalue weighted by atomic mass is 10.1. The summed E-state index contributed by atoms with van der Waals surface area (Å²) in [5.74, 6) is -0.227. The molecule has 0 atom stereocenters. The number of benzene rings is 3. The van der Waals surface area contributed by atoms with Crippen LogP contribution in [0, 0.1) is 6.92 Å². The van der Waals surface area contributed by atoms with Gasteiger partial charge in [-0.1, -0.05) is 29.8 Å². The molecule has 0 aliphatic carbocycles. The summed E-state index contributed by atoms with van der Waals surface area (Å²) in [7, 11) is -2.72. The van der Waals surface area contributed by atoms with E-state index in [2.05, 4.69) is 5.32 Å². The number of ether oxygens (including phenoxy) is 1. The van der Waals surface area contributed by atoms with Crippen molar-refractivity contribution in [2.75, 3.05) is 34.7 Å². The van der Waals surface area contributed by atoms with Gasteiger partial charge in [0.2, 0.25) is 11.8 Å². The third kappa shape index (κ3) is 5.32. The summed E-state index contributed by atoms with van der Waals surface area (Å²) in [6.07, 6.45) is 1.34. The summed E-state index contributed by atoms with van der Waals surface area (Å²) in [6.45, 7) is 2.01. The van der Waals surface area contributed by atoms with Gasteiger partial charge in [0.1, 0.15) is 12.3 Å². The van der Waals surface area contributed by atoms with Crippen molar-refractivity contribution in [1.82, 2.24) is 0 Å². The summed E-state index contributed by atoms with van der Waals surface area (Å²) in [5.41, 5.74) is 2.26. The zero-order valence-electron chi connectivity index (χ0n) is 19.9. The van der Waals surface area contributed by atoms with Crippen molar-refractivity contribution in [2.45, 2.75) is 24.7 Å². The summed E-state index contributed by atoms with van der Waals surface area (Å²) in [6, 6.07) is 17.6. The summed E-state index contributed by atoms with van der Waals surface area (Å²) >= 11 is 6.17. The largest absolute Gasteiger partial charge is 0.495 e. The second-order valence-corrected chi connectivity index (χ2v) is 10.6. The van der Waals surface area contributed by atoms with E-state index in [9.17, 15) is 18.0 Å². The molecule has 1 N–H and O–H groups in total. The number of rotatable bonds is 8. The van der Waals surface area contributed by atoms with Gasteiger partial charge >= 0.3 is 0 Å². The molecular formula is C26H26ClN3O5S. The lowest BCUT2D eigenvalue weighted by Crippen LogP contribution is -2.38. The van der Waals surface area contributed by atoms with Crippen molar-refractivity contribution in [3.05, 3.63) is 77.3 Å². The second kappa shape index (κ2) is 10.6. The number of carbonyl (C=O) groups is 2. The molecule has 3 aromatic rings. The van der Waals surface area contributed by atoms with Gasteiger partial charge in [-0.3, -0.25) is 13.9 Å². The topological polar surface area (TPSA) is 96.0 Å². The van der Waals surface area contributed by atoms with Crippen LogP contribution in [0.1, 0.15) is 18.4 Å². The van der Waals surface area contributed by atoms with Crippen molar-refractivity contribution < 1.29 is 22.7 Å². The summed E-state index contributed by atoms with van der Waals surface area (Å²) in [5, 5.41) is 3.06. The predicted octanol–water partition coefficient (Wildman–Crippen LogP) is 4.62. The SMILES string of the molecule is COc1ccc(Cl)cc1N(CC(=O)Nc1ccc(N2CCCC2=O)c(C)c1)S(=O)(=O)c1ccccc1. The van der Waals surface area contributed by atoms with Gasteiger partial charge in [0.25, 0.3) is 10.0 Å².